The van der Waals surface area contributed by atoms with Crippen LogP contribution in [0.15, 0.2) is 42.7 Å². The minimum atomic E-state index is -0.0878. The van der Waals surface area contributed by atoms with E-state index in [2.05, 4.69) is 57.1 Å². The van der Waals surface area contributed by atoms with Crippen LogP contribution in [0.25, 0.3) is 0 Å². The Balaban J connectivity index is 1.19. The first-order valence-electron chi connectivity index (χ1n) is 14.0. The van der Waals surface area contributed by atoms with E-state index < -0.39 is 0 Å². The third-order valence-electron chi connectivity index (χ3n) is 8.18. The Morgan fingerprint density at radius 1 is 1.12 bits per heavy atom. The van der Waals surface area contributed by atoms with E-state index in [1.807, 2.05) is 32.3 Å². The van der Waals surface area contributed by atoms with Crippen molar-refractivity contribution in [3.05, 3.63) is 75.8 Å². The largest absolute Gasteiger partial charge is 0.454 e. The van der Waals surface area contributed by atoms with Crippen LogP contribution in [0.3, 0.4) is 0 Å². The number of likely N-dealkylation sites (tertiary alicyclic amines) is 1. The summed E-state index contributed by atoms with van der Waals surface area (Å²) in [5, 5.41) is 3.50. The Hall–Kier alpha value is -3.36. The standard InChI is InChI=1S/C31H38ClN5O3/c1-20-7-11-33-17-24(20)18-37(26-5-6-27-28(16-26)40-19-39-27)25-9-13-36(14-10-25)22(3)8-12-34-31(38)30-21(2)15-29(32)35-23(30)4/h5-7,11,15-17,22,25H,8-10,12-14,18-19H2,1-4H3,(H,34,38)/t22-/m1/s1. The maximum Gasteiger partial charge on any atom is 0.253 e. The summed E-state index contributed by atoms with van der Waals surface area (Å²) >= 11 is 6.03. The number of amides is 1. The minimum Gasteiger partial charge on any atom is -0.454 e. The molecule has 0 spiro atoms. The zero-order valence-corrected chi connectivity index (χ0v) is 24.5. The molecule has 0 radical (unpaired) electrons. The third-order valence-corrected chi connectivity index (χ3v) is 8.37. The van der Waals surface area contributed by atoms with Crippen molar-refractivity contribution in [2.75, 3.05) is 31.3 Å². The first-order chi connectivity index (χ1) is 19.3. The van der Waals surface area contributed by atoms with Crippen molar-refractivity contribution < 1.29 is 14.3 Å². The van der Waals surface area contributed by atoms with Crippen molar-refractivity contribution in [1.82, 2.24) is 20.2 Å². The van der Waals surface area contributed by atoms with Gasteiger partial charge in [0.05, 0.1) is 11.3 Å². The van der Waals surface area contributed by atoms with Crippen LogP contribution in [-0.4, -0.2) is 59.3 Å². The van der Waals surface area contributed by atoms with Crippen molar-refractivity contribution in [1.29, 1.82) is 0 Å². The van der Waals surface area contributed by atoms with Gasteiger partial charge in [-0.2, -0.15) is 0 Å². The molecule has 1 aromatic carbocycles. The van der Waals surface area contributed by atoms with E-state index in [0.29, 0.717) is 35.0 Å². The lowest BCUT2D eigenvalue weighted by Crippen LogP contribution is -2.48. The number of aryl methyl sites for hydroxylation is 3. The van der Waals surface area contributed by atoms with Crippen LogP contribution in [0.1, 0.15) is 58.9 Å². The van der Waals surface area contributed by atoms with Crippen LogP contribution in [-0.2, 0) is 6.54 Å². The molecule has 40 heavy (non-hydrogen) atoms. The Bertz CT molecular complexity index is 1340. The zero-order valence-electron chi connectivity index (χ0n) is 23.7. The van der Waals surface area contributed by atoms with Crippen LogP contribution < -0.4 is 19.7 Å². The van der Waals surface area contributed by atoms with E-state index in [4.69, 9.17) is 21.1 Å². The van der Waals surface area contributed by atoms with Gasteiger partial charge in [-0.3, -0.25) is 9.78 Å². The summed E-state index contributed by atoms with van der Waals surface area (Å²) in [6.45, 7) is 11.8. The number of anilines is 1. The second kappa shape index (κ2) is 12.4. The molecule has 1 fully saturated rings. The number of nitrogens with zero attached hydrogens (tertiary/aromatic N) is 4. The zero-order chi connectivity index (χ0) is 28.2. The van der Waals surface area contributed by atoms with Crippen LogP contribution in [0, 0.1) is 20.8 Å². The fraction of sp³-hybridized carbons (Fsp3) is 0.452. The molecule has 1 saturated heterocycles. The van der Waals surface area contributed by atoms with Crippen molar-refractivity contribution in [3.63, 3.8) is 0 Å². The number of piperidine rings is 1. The normalized spacial score (nSPS) is 16.1. The van der Waals surface area contributed by atoms with Crippen molar-refractivity contribution >= 4 is 23.2 Å². The highest BCUT2D eigenvalue weighted by atomic mass is 35.5. The molecule has 1 N–H and O–H groups in total. The molecule has 8 nitrogen and oxygen atoms in total. The number of aromatic nitrogens is 2. The van der Waals surface area contributed by atoms with Gasteiger partial charge < -0.3 is 24.6 Å². The predicted octanol–water partition coefficient (Wildman–Crippen LogP) is 5.46. The Labute approximate surface area is 241 Å². The number of hydrogen-bond donors (Lipinski definition) is 1. The van der Waals surface area contributed by atoms with Gasteiger partial charge in [0, 0.05) is 62.4 Å². The molecule has 4 heterocycles. The van der Waals surface area contributed by atoms with Gasteiger partial charge in [0.1, 0.15) is 5.15 Å². The summed E-state index contributed by atoms with van der Waals surface area (Å²) < 4.78 is 11.2. The summed E-state index contributed by atoms with van der Waals surface area (Å²) in [6, 6.07) is 10.8. The lowest BCUT2D eigenvalue weighted by Gasteiger charge is -2.42. The fourth-order valence-corrected chi connectivity index (χ4v) is 6.06. The molecular formula is C31H38ClN5O3. The second-order valence-electron chi connectivity index (χ2n) is 10.9. The second-order valence-corrected chi connectivity index (χ2v) is 11.2. The van der Waals surface area contributed by atoms with Crippen LogP contribution >= 0.6 is 11.6 Å². The van der Waals surface area contributed by atoms with Gasteiger partial charge in [0.15, 0.2) is 11.5 Å². The van der Waals surface area contributed by atoms with E-state index in [-0.39, 0.29) is 12.7 Å². The van der Waals surface area contributed by atoms with E-state index in [1.54, 1.807) is 6.07 Å². The summed E-state index contributed by atoms with van der Waals surface area (Å²) in [5.41, 5.74) is 5.74. The van der Waals surface area contributed by atoms with Crippen molar-refractivity contribution in [3.8, 4) is 11.5 Å². The molecule has 0 saturated carbocycles. The topological polar surface area (TPSA) is 79.8 Å². The van der Waals surface area contributed by atoms with Gasteiger partial charge in [-0.15, -0.1) is 0 Å². The smallest absolute Gasteiger partial charge is 0.253 e. The number of ether oxygens (including phenoxy) is 2. The molecule has 5 rings (SSSR count). The summed E-state index contributed by atoms with van der Waals surface area (Å²) in [6.07, 6.45) is 6.82. The fourth-order valence-electron chi connectivity index (χ4n) is 5.77. The SMILES string of the molecule is Cc1ccncc1CN(c1ccc2c(c1)OCO2)C1CCN([C@H](C)CCNC(=O)c2c(C)cc(Cl)nc2C)CC1. The van der Waals surface area contributed by atoms with Crippen LogP contribution in [0.2, 0.25) is 5.15 Å². The molecular weight excluding hydrogens is 526 g/mol. The van der Waals surface area contributed by atoms with E-state index in [0.717, 1.165) is 61.6 Å². The monoisotopic (exact) mass is 563 g/mol. The first-order valence-corrected chi connectivity index (χ1v) is 14.4. The lowest BCUT2D eigenvalue weighted by molar-refractivity contribution is 0.0943. The molecule has 0 unspecified atom stereocenters. The molecule has 9 heteroatoms. The number of hydrogen-bond acceptors (Lipinski definition) is 7. The number of rotatable bonds is 9. The van der Waals surface area contributed by atoms with Crippen molar-refractivity contribution in [2.24, 2.45) is 0 Å². The quantitative estimate of drug-likeness (QED) is 0.346. The molecule has 0 aliphatic carbocycles. The Morgan fingerprint density at radius 2 is 1.90 bits per heavy atom. The highest BCUT2D eigenvalue weighted by Crippen LogP contribution is 2.37. The van der Waals surface area contributed by atoms with E-state index in [9.17, 15) is 4.79 Å². The number of fused-ring (bicyclic) bond motifs is 1. The average molecular weight is 564 g/mol. The van der Waals surface area contributed by atoms with E-state index in [1.165, 1.54) is 11.1 Å². The maximum atomic E-state index is 12.8. The highest BCUT2D eigenvalue weighted by Gasteiger charge is 2.29. The highest BCUT2D eigenvalue weighted by molar-refractivity contribution is 6.29. The Morgan fingerprint density at radius 3 is 2.65 bits per heavy atom. The van der Waals surface area contributed by atoms with Gasteiger partial charge in [-0.1, -0.05) is 11.6 Å². The van der Waals surface area contributed by atoms with E-state index >= 15 is 0 Å². The van der Waals surface area contributed by atoms with Crippen LogP contribution in [0.5, 0.6) is 11.5 Å². The Kier molecular flexibility index (Phi) is 8.76. The van der Waals surface area contributed by atoms with Gasteiger partial charge in [-0.25, -0.2) is 4.98 Å². The lowest BCUT2D eigenvalue weighted by atomic mass is 9.98. The molecule has 2 aliphatic rings. The minimum absolute atomic E-state index is 0.0878. The first kappa shape index (κ1) is 28.2. The molecule has 1 amide bonds. The number of halogens is 1. The predicted molar refractivity (Wildman–Crippen MR) is 157 cm³/mol. The molecule has 2 aromatic heterocycles. The number of nitrogens with one attached hydrogen (secondary N) is 1. The summed E-state index contributed by atoms with van der Waals surface area (Å²) in [4.78, 5) is 26.5. The van der Waals surface area contributed by atoms with Crippen LogP contribution in [0.4, 0.5) is 5.69 Å². The third kappa shape index (κ3) is 6.34. The number of pyridine rings is 2. The summed E-state index contributed by atoms with van der Waals surface area (Å²) in [5.74, 6) is 1.52. The average Bonchev–Trinajstić information content (AvgIpc) is 3.40. The molecule has 2 aliphatic heterocycles. The molecule has 3 aromatic rings. The summed E-state index contributed by atoms with van der Waals surface area (Å²) in [7, 11) is 0. The maximum absolute atomic E-state index is 12.8. The van der Waals surface area contributed by atoms with Gasteiger partial charge >= 0.3 is 0 Å². The van der Waals surface area contributed by atoms with Crippen molar-refractivity contribution in [2.45, 2.75) is 65.6 Å². The number of carbonyl (C=O) groups is 1. The molecule has 212 valence electrons. The molecule has 0 bridgehead atoms. The van der Waals surface area contributed by atoms with Gasteiger partial charge in [0.25, 0.3) is 5.91 Å². The molecule has 1 atom stereocenters. The number of carbonyl (C=O) groups excluding carboxylic acids is 1. The van der Waals surface area contributed by atoms with Gasteiger partial charge in [-0.05, 0) is 87.9 Å². The van der Waals surface area contributed by atoms with Gasteiger partial charge in [0.2, 0.25) is 6.79 Å². The number of benzene rings is 1.